The van der Waals surface area contributed by atoms with Crippen LogP contribution in [0.15, 0.2) is 18.2 Å². The predicted octanol–water partition coefficient (Wildman–Crippen LogP) is 1.81. The average molecular weight is 196 g/mol. The van der Waals surface area contributed by atoms with Crippen LogP contribution in [-0.2, 0) is 4.74 Å². The van der Waals surface area contributed by atoms with Crippen LogP contribution in [0.3, 0.4) is 0 Å². The van der Waals surface area contributed by atoms with Gasteiger partial charge >= 0.3 is 5.97 Å². The topological polar surface area (TPSA) is 43.4 Å². The molecule has 1 aromatic carbocycles. The molecule has 0 aliphatic carbocycles. The summed E-state index contributed by atoms with van der Waals surface area (Å²) >= 11 is 0. The second-order valence-electron chi connectivity index (χ2n) is 2.74. The van der Waals surface area contributed by atoms with E-state index in [4.69, 9.17) is 0 Å². The number of hydrogen-bond acceptors (Lipinski definition) is 3. The first kappa shape index (κ1) is 10.4. The standard InChI is InChI=1S/C10H9FO3/c1-6(12)9-5-7(11)3-4-8(9)10(13)14-2/h3-5H,1-2H3. The second kappa shape index (κ2) is 4.00. The van der Waals surface area contributed by atoms with Gasteiger partial charge in [-0.2, -0.15) is 0 Å². The first-order chi connectivity index (χ1) is 6.56. The summed E-state index contributed by atoms with van der Waals surface area (Å²) in [7, 11) is 1.20. The lowest BCUT2D eigenvalue weighted by atomic mass is 10.0. The number of hydrogen-bond donors (Lipinski definition) is 0. The van der Waals surface area contributed by atoms with Crippen LogP contribution in [0.25, 0.3) is 0 Å². The van der Waals surface area contributed by atoms with E-state index in [1.54, 1.807) is 0 Å². The minimum atomic E-state index is -0.643. The Hall–Kier alpha value is -1.71. The van der Waals surface area contributed by atoms with Crippen molar-refractivity contribution in [1.29, 1.82) is 0 Å². The van der Waals surface area contributed by atoms with Gasteiger partial charge in [0.15, 0.2) is 5.78 Å². The zero-order chi connectivity index (χ0) is 10.7. The summed E-state index contributed by atoms with van der Waals surface area (Å²) in [4.78, 5) is 22.2. The maximum Gasteiger partial charge on any atom is 0.338 e. The Morgan fingerprint density at radius 1 is 1.29 bits per heavy atom. The van der Waals surface area contributed by atoms with Crippen molar-refractivity contribution in [2.45, 2.75) is 6.92 Å². The highest BCUT2D eigenvalue weighted by atomic mass is 19.1. The third-order valence-corrected chi connectivity index (χ3v) is 1.77. The van der Waals surface area contributed by atoms with E-state index < -0.39 is 11.8 Å². The van der Waals surface area contributed by atoms with Crippen molar-refractivity contribution in [2.24, 2.45) is 0 Å². The van der Waals surface area contributed by atoms with Crippen molar-refractivity contribution in [2.75, 3.05) is 7.11 Å². The maximum atomic E-state index is 12.8. The van der Waals surface area contributed by atoms with E-state index >= 15 is 0 Å². The number of rotatable bonds is 2. The highest BCUT2D eigenvalue weighted by molar-refractivity contribution is 6.05. The van der Waals surface area contributed by atoms with Crippen LogP contribution in [0.2, 0.25) is 0 Å². The zero-order valence-corrected chi connectivity index (χ0v) is 7.83. The van der Waals surface area contributed by atoms with Crippen LogP contribution >= 0.6 is 0 Å². The van der Waals surface area contributed by atoms with Crippen LogP contribution in [0.5, 0.6) is 0 Å². The quantitative estimate of drug-likeness (QED) is 0.535. The Balaban J connectivity index is 3.28. The molecule has 0 atom stereocenters. The zero-order valence-electron chi connectivity index (χ0n) is 7.83. The van der Waals surface area contributed by atoms with Gasteiger partial charge in [0.2, 0.25) is 0 Å². The van der Waals surface area contributed by atoms with E-state index in [9.17, 15) is 14.0 Å². The molecule has 4 heteroatoms. The molecule has 0 N–H and O–H groups in total. The van der Waals surface area contributed by atoms with Gasteiger partial charge in [-0.25, -0.2) is 9.18 Å². The molecule has 0 bridgehead atoms. The summed E-state index contributed by atoms with van der Waals surface area (Å²) in [6, 6.07) is 3.37. The van der Waals surface area contributed by atoms with Gasteiger partial charge in [-0.15, -0.1) is 0 Å². The van der Waals surface area contributed by atoms with Gasteiger partial charge in [-0.05, 0) is 25.1 Å². The number of ether oxygens (including phenoxy) is 1. The molecule has 0 fully saturated rings. The number of carbonyl (C=O) groups is 2. The summed E-state index contributed by atoms with van der Waals surface area (Å²) in [5, 5.41) is 0. The third kappa shape index (κ3) is 1.96. The van der Waals surface area contributed by atoms with E-state index in [1.165, 1.54) is 20.1 Å². The van der Waals surface area contributed by atoms with Crippen molar-refractivity contribution in [3.8, 4) is 0 Å². The smallest absolute Gasteiger partial charge is 0.338 e. The van der Waals surface area contributed by atoms with Gasteiger partial charge in [-0.1, -0.05) is 0 Å². The Morgan fingerprint density at radius 3 is 2.43 bits per heavy atom. The Labute approximate surface area is 80.5 Å². The molecule has 0 radical (unpaired) electrons. The van der Waals surface area contributed by atoms with E-state index in [1.807, 2.05) is 0 Å². The molecule has 3 nitrogen and oxygen atoms in total. The lowest BCUT2D eigenvalue weighted by Crippen LogP contribution is -2.08. The van der Waals surface area contributed by atoms with Crippen molar-refractivity contribution in [1.82, 2.24) is 0 Å². The van der Waals surface area contributed by atoms with Crippen LogP contribution in [-0.4, -0.2) is 18.9 Å². The molecule has 0 aromatic heterocycles. The first-order valence-electron chi connectivity index (χ1n) is 3.95. The van der Waals surface area contributed by atoms with Crippen LogP contribution in [0.1, 0.15) is 27.6 Å². The number of ketones is 1. The lowest BCUT2D eigenvalue weighted by Gasteiger charge is -2.04. The Bertz CT molecular complexity index is 385. The van der Waals surface area contributed by atoms with Gasteiger partial charge < -0.3 is 4.74 Å². The predicted molar refractivity (Wildman–Crippen MR) is 47.7 cm³/mol. The number of benzene rings is 1. The summed E-state index contributed by atoms with van der Waals surface area (Å²) < 4.78 is 17.2. The molecule has 0 saturated heterocycles. The molecule has 0 heterocycles. The number of halogens is 1. The number of esters is 1. The molecule has 74 valence electrons. The summed E-state index contributed by atoms with van der Waals surface area (Å²) in [5.74, 6) is -1.57. The molecule has 0 unspecified atom stereocenters. The summed E-state index contributed by atoms with van der Waals surface area (Å²) in [5.41, 5.74) is 0.123. The van der Waals surface area contributed by atoms with Gasteiger partial charge in [0.05, 0.1) is 12.7 Å². The van der Waals surface area contributed by atoms with Gasteiger partial charge in [-0.3, -0.25) is 4.79 Å². The van der Waals surface area contributed by atoms with E-state index in [0.29, 0.717) is 0 Å². The van der Waals surface area contributed by atoms with Crippen molar-refractivity contribution >= 4 is 11.8 Å². The fourth-order valence-electron chi connectivity index (χ4n) is 1.10. The molecule has 14 heavy (non-hydrogen) atoms. The fraction of sp³-hybridized carbons (Fsp3) is 0.200. The first-order valence-corrected chi connectivity index (χ1v) is 3.95. The van der Waals surface area contributed by atoms with E-state index in [0.717, 1.165) is 12.1 Å². The van der Waals surface area contributed by atoms with Crippen LogP contribution in [0, 0.1) is 5.82 Å². The lowest BCUT2D eigenvalue weighted by molar-refractivity contribution is 0.0597. The van der Waals surface area contributed by atoms with Crippen molar-refractivity contribution in [3.63, 3.8) is 0 Å². The van der Waals surface area contributed by atoms with Gasteiger partial charge in [0, 0.05) is 5.56 Å². The number of carbonyl (C=O) groups excluding carboxylic acids is 2. The van der Waals surface area contributed by atoms with Crippen LogP contribution < -0.4 is 0 Å². The van der Waals surface area contributed by atoms with Crippen molar-refractivity contribution < 1.29 is 18.7 Å². The number of Topliss-reactive ketones (excluding diaryl/α,β-unsaturated/α-hetero) is 1. The molecule has 0 saturated carbocycles. The van der Waals surface area contributed by atoms with E-state index in [2.05, 4.69) is 4.74 Å². The normalized spacial score (nSPS) is 9.64. The van der Waals surface area contributed by atoms with Crippen LogP contribution in [0.4, 0.5) is 4.39 Å². The minimum absolute atomic E-state index is 0.0388. The summed E-state index contributed by atoms with van der Waals surface area (Å²) in [6.45, 7) is 1.27. The van der Waals surface area contributed by atoms with Gasteiger partial charge in [0.25, 0.3) is 0 Å². The molecule has 1 aromatic rings. The van der Waals surface area contributed by atoms with Gasteiger partial charge in [0.1, 0.15) is 5.82 Å². The SMILES string of the molecule is COC(=O)c1ccc(F)cc1C(C)=O. The Kier molecular flexibility index (Phi) is 2.96. The van der Waals surface area contributed by atoms with E-state index in [-0.39, 0.29) is 16.9 Å². The molecular formula is C10H9FO3. The molecule has 0 aliphatic heterocycles. The minimum Gasteiger partial charge on any atom is -0.465 e. The molecule has 1 rings (SSSR count). The molecule has 0 aliphatic rings. The third-order valence-electron chi connectivity index (χ3n) is 1.77. The number of methoxy groups -OCH3 is 1. The average Bonchev–Trinajstić information content (AvgIpc) is 2.16. The Morgan fingerprint density at radius 2 is 1.93 bits per heavy atom. The monoisotopic (exact) mass is 196 g/mol. The summed E-state index contributed by atoms with van der Waals surface area (Å²) in [6.07, 6.45) is 0. The maximum absolute atomic E-state index is 12.8. The molecular weight excluding hydrogens is 187 g/mol. The molecule has 0 amide bonds. The highest BCUT2D eigenvalue weighted by Crippen LogP contribution is 2.13. The highest BCUT2D eigenvalue weighted by Gasteiger charge is 2.15. The fourth-order valence-corrected chi connectivity index (χ4v) is 1.10. The molecule has 0 spiro atoms. The van der Waals surface area contributed by atoms with Crippen molar-refractivity contribution in [3.05, 3.63) is 35.1 Å². The largest absolute Gasteiger partial charge is 0.465 e. The second-order valence-corrected chi connectivity index (χ2v) is 2.74.